The zero-order valence-electron chi connectivity index (χ0n) is 10.6. The van der Waals surface area contributed by atoms with Crippen molar-refractivity contribution in [2.45, 2.75) is 25.1 Å². The summed E-state index contributed by atoms with van der Waals surface area (Å²) in [6.07, 6.45) is 2.73. The molecule has 17 heavy (non-hydrogen) atoms. The van der Waals surface area contributed by atoms with E-state index in [2.05, 4.69) is 11.9 Å². The minimum atomic E-state index is 0.247. The summed E-state index contributed by atoms with van der Waals surface area (Å²) in [4.78, 5) is 4.31. The van der Waals surface area contributed by atoms with Gasteiger partial charge in [-0.1, -0.05) is 6.92 Å². The summed E-state index contributed by atoms with van der Waals surface area (Å²) >= 11 is 1.76. The van der Waals surface area contributed by atoms with Crippen molar-refractivity contribution < 1.29 is 9.47 Å². The number of thioether (sulfide) groups is 1. The van der Waals surface area contributed by atoms with Gasteiger partial charge in [-0.3, -0.25) is 4.98 Å². The Morgan fingerprint density at radius 3 is 2.76 bits per heavy atom. The van der Waals surface area contributed by atoms with Crippen LogP contribution in [0.4, 0.5) is 0 Å². The van der Waals surface area contributed by atoms with Crippen LogP contribution in [0.2, 0.25) is 0 Å². The Morgan fingerprint density at radius 2 is 2.18 bits per heavy atom. The molecule has 96 valence electrons. The second-order valence-electron chi connectivity index (χ2n) is 3.68. The van der Waals surface area contributed by atoms with Gasteiger partial charge in [0.25, 0.3) is 0 Å². The number of hydrogen-bond acceptors (Lipinski definition) is 5. The van der Waals surface area contributed by atoms with Gasteiger partial charge in [-0.2, -0.15) is 11.8 Å². The highest BCUT2D eigenvalue weighted by molar-refractivity contribution is 7.98. The van der Waals surface area contributed by atoms with Crippen LogP contribution in [0.3, 0.4) is 0 Å². The predicted molar refractivity (Wildman–Crippen MR) is 71.8 cm³/mol. The van der Waals surface area contributed by atoms with Gasteiger partial charge in [-0.05, 0) is 6.42 Å². The summed E-state index contributed by atoms with van der Waals surface area (Å²) in [5.41, 5.74) is 6.77. The number of pyridine rings is 1. The van der Waals surface area contributed by atoms with Crippen molar-refractivity contribution in [2.75, 3.05) is 20.0 Å². The number of aromatic nitrogens is 1. The molecule has 1 rings (SSSR count). The summed E-state index contributed by atoms with van der Waals surface area (Å²) in [6.45, 7) is 2.09. The maximum Gasteiger partial charge on any atom is 0.183 e. The summed E-state index contributed by atoms with van der Waals surface area (Å²) < 4.78 is 10.5. The second kappa shape index (κ2) is 7.40. The second-order valence-corrected chi connectivity index (χ2v) is 4.71. The fourth-order valence-electron chi connectivity index (χ4n) is 1.38. The van der Waals surface area contributed by atoms with Crippen molar-refractivity contribution in [3.63, 3.8) is 0 Å². The first-order valence-corrected chi connectivity index (χ1v) is 6.77. The molecule has 0 bridgehead atoms. The Labute approximate surface area is 107 Å². The van der Waals surface area contributed by atoms with E-state index in [0.717, 1.165) is 29.4 Å². The standard InChI is InChI=1S/C12H20N2O2S/c1-4-9(13)7-17-8-10-12(16-3)11(15-2)5-6-14-10/h5-6,9H,4,7-8,13H2,1-3H3. The third-order valence-electron chi connectivity index (χ3n) is 2.46. The highest BCUT2D eigenvalue weighted by atomic mass is 32.2. The molecule has 0 aliphatic rings. The average Bonchev–Trinajstić information content (AvgIpc) is 2.37. The number of nitrogens with two attached hydrogens (primary N) is 1. The minimum absolute atomic E-state index is 0.247. The van der Waals surface area contributed by atoms with Crippen molar-refractivity contribution >= 4 is 11.8 Å². The van der Waals surface area contributed by atoms with E-state index in [9.17, 15) is 0 Å². The van der Waals surface area contributed by atoms with Crippen LogP contribution < -0.4 is 15.2 Å². The molecule has 5 heteroatoms. The molecular weight excluding hydrogens is 236 g/mol. The van der Waals surface area contributed by atoms with Crippen LogP contribution in [0.15, 0.2) is 12.3 Å². The number of nitrogens with zero attached hydrogens (tertiary/aromatic N) is 1. The van der Waals surface area contributed by atoms with Gasteiger partial charge in [-0.25, -0.2) is 0 Å². The molecule has 0 aliphatic heterocycles. The molecule has 0 amide bonds. The highest BCUT2D eigenvalue weighted by Crippen LogP contribution is 2.31. The molecule has 1 atom stereocenters. The molecule has 1 aromatic rings. The molecule has 0 fully saturated rings. The molecule has 0 aliphatic carbocycles. The number of rotatable bonds is 7. The summed E-state index contributed by atoms with van der Waals surface area (Å²) in [5.74, 6) is 3.15. The van der Waals surface area contributed by atoms with Gasteiger partial charge < -0.3 is 15.2 Å². The lowest BCUT2D eigenvalue weighted by Crippen LogP contribution is -2.21. The van der Waals surface area contributed by atoms with Gasteiger partial charge >= 0.3 is 0 Å². The van der Waals surface area contributed by atoms with Crippen molar-refractivity contribution in [1.29, 1.82) is 0 Å². The maximum absolute atomic E-state index is 5.87. The number of hydrogen-bond donors (Lipinski definition) is 1. The Hall–Kier alpha value is -0.940. The van der Waals surface area contributed by atoms with Crippen LogP contribution in [0.1, 0.15) is 19.0 Å². The van der Waals surface area contributed by atoms with Crippen molar-refractivity contribution in [1.82, 2.24) is 4.98 Å². The molecule has 0 saturated carbocycles. The molecule has 0 spiro atoms. The SMILES string of the molecule is CCC(N)CSCc1nccc(OC)c1OC. The molecule has 4 nitrogen and oxygen atoms in total. The van der Waals surface area contributed by atoms with Gasteiger partial charge in [0.05, 0.1) is 19.9 Å². The number of methoxy groups -OCH3 is 2. The Balaban J connectivity index is 2.64. The van der Waals surface area contributed by atoms with Gasteiger partial charge in [0.2, 0.25) is 0 Å². The maximum atomic E-state index is 5.87. The van der Waals surface area contributed by atoms with Gasteiger partial charge in [0.15, 0.2) is 11.5 Å². The van der Waals surface area contributed by atoms with E-state index in [0.29, 0.717) is 5.75 Å². The summed E-state index contributed by atoms with van der Waals surface area (Å²) in [7, 11) is 3.26. The topological polar surface area (TPSA) is 57.4 Å². The average molecular weight is 256 g/mol. The van der Waals surface area contributed by atoms with E-state index in [1.54, 1.807) is 38.2 Å². The highest BCUT2D eigenvalue weighted by Gasteiger charge is 2.11. The van der Waals surface area contributed by atoms with Gasteiger partial charge in [0, 0.05) is 29.8 Å². The molecule has 0 saturated heterocycles. The quantitative estimate of drug-likeness (QED) is 0.809. The Morgan fingerprint density at radius 1 is 1.41 bits per heavy atom. The minimum Gasteiger partial charge on any atom is -0.493 e. The van der Waals surface area contributed by atoms with Crippen LogP contribution in [0, 0.1) is 0 Å². The lowest BCUT2D eigenvalue weighted by Gasteiger charge is -2.12. The van der Waals surface area contributed by atoms with E-state index in [-0.39, 0.29) is 6.04 Å². The van der Waals surface area contributed by atoms with E-state index >= 15 is 0 Å². The fraction of sp³-hybridized carbons (Fsp3) is 0.583. The fourth-order valence-corrected chi connectivity index (χ4v) is 2.43. The lowest BCUT2D eigenvalue weighted by molar-refractivity contribution is 0.350. The molecule has 2 N–H and O–H groups in total. The largest absolute Gasteiger partial charge is 0.493 e. The van der Waals surface area contributed by atoms with Crippen LogP contribution in [0.25, 0.3) is 0 Å². The summed E-state index contributed by atoms with van der Waals surface area (Å²) in [6, 6.07) is 2.04. The van der Waals surface area contributed by atoms with Gasteiger partial charge in [0.1, 0.15) is 0 Å². The lowest BCUT2D eigenvalue weighted by atomic mass is 10.3. The molecular formula is C12H20N2O2S. The third kappa shape index (κ3) is 4.09. The molecule has 0 radical (unpaired) electrons. The zero-order chi connectivity index (χ0) is 12.7. The predicted octanol–water partition coefficient (Wildman–Crippen LogP) is 2.07. The normalized spacial score (nSPS) is 12.2. The van der Waals surface area contributed by atoms with E-state index in [1.165, 1.54) is 0 Å². The smallest absolute Gasteiger partial charge is 0.183 e. The summed E-state index contributed by atoms with van der Waals surface area (Å²) in [5, 5.41) is 0. The molecule has 0 aromatic carbocycles. The van der Waals surface area contributed by atoms with Crippen molar-refractivity contribution in [3.8, 4) is 11.5 Å². The van der Waals surface area contributed by atoms with Crippen LogP contribution >= 0.6 is 11.8 Å². The van der Waals surface area contributed by atoms with Gasteiger partial charge in [-0.15, -0.1) is 0 Å². The van der Waals surface area contributed by atoms with E-state index < -0.39 is 0 Å². The Kier molecular flexibility index (Phi) is 6.15. The Bertz CT molecular complexity index is 347. The number of ether oxygens (including phenoxy) is 2. The van der Waals surface area contributed by atoms with E-state index in [1.807, 2.05) is 0 Å². The monoisotopic (exact) mass is 256 g/mol. The van der Waals surface area contributed by atoms with Crippen LogP contribution in [-0.4, -0.2) is 31.0 Å². The first-order chi connectivity index (χ1) is 8.22. The van der Waals surface area contributed by atoms with Crippen LogP contribution in [0.5, 0.6) is 11.5 Å². The first-order valence-electron chi connectivity index (χ1n) is 5.62. The molecule has 1 heterocycles. The first kappa shape index (κ1) is 14.1. The third-order valence-corrected chi connectivity index (χ3v) is 3.60. The van der Waals surface area contributed by atoms with Crippen LogP contribution in [-0.2, 0) is 5.75 Å². The molecule has 1 aromatic heterocycles. The van der Waals surface area contributed by atoms with Crippen molar-refractivity contribution in [2.24, 2.45) is 5.73 Å². The molecule has 1 unspecified atom stereocenters. The van der Waals surface area contributed by atoms with Crippen molar-refractivity contribution in [3.05, 3.63) is 18.0 Å². The van der Waals surface area contributed by atoms with E-state index in [4.69, 9.17) is 15.2 Å². The zero-order valence-corrected chi connectivity index (χ0v) is 11.4.